The molecule has 4 nitrogen and oxygen atoms in total. The molecule has 21 heavy (non-hydrogen) atoms. The number of hydrogen-bond acceptors (Lipinski definition) is 4. The third-order valence-corrected chi connectivity index (χ3v) is 3.93. The summed E-state index contributed by atoms with van der Waals surface area (Å²) in [5, 5.41) is 14.4. The first-order valence-corrected chi connectivity index (χ1v) is 7.39. The van der Waals surface area contributed by atoms with Crippen LogP contribution in [0.2, 0.25) is 5.02 Å². The number of phenols is 1. The minimum absolute atomic E-state index is 0.00447. The number of thiophene rings is 1. The number of rotatable bonds is 3. The number of halogens is 1. The summed E-state index contributed by atoms with van der Waals surface area (Å²) in [4.78, 5) is 13.0. The lowest BCUT2D eigenvalue weighted by atomic mass is 10.2. The van der Waals surface area contributed by atoms with Crippen LogP contribution in [0, 0.1) is 11.8 Å². The highest BCUT2D eigenvalue weighted by atomic mass is 35.5. The molecule has 1 aromatic carbocycles. The van der Waals surface area contributed by atoms with Gasteiger partial charge in [0, 0.05) is 10.4 Å². The van der Waals surface area contributed by atoms with E-state index in [1.165, 1.54) is 29.5 Å². The van der Waals surface area contributed by atoms with Gasteiger partial charge in [-0.2, -0.15) is 0 Å². The topological polar surface area (TPSA) is 75.3 Å². The van der Waals surface area contributed by atoms with Crippen molar-refractivity contribution in [3.63, 3.8) is 0 Å². The number of nitrogens with one attached hydrogen (secondary N) is 1. The summed E-state index contributed by atoms with van der Waals surface area (Å²) in [5.74, 6) is 5.39. The summed E-state index contributed by atoms with van der Waals surface area (Å²) in [7, 11) is 0. The molecule has 0 unspecified atom stereocenters. The van der Waals surface area contributed by atoms with Crippen LogP contribution >= 0.6 is 22.9 Å². The first-order valence-electron chi connectivity index (χ1n) is 6.14. The second kappa shape index (κ2) is 7.14. The van der Waals surface area contributed by atoms with Gasteiger partial charge in [-0.3, -0.25) is 4.79 Å². The van der Waals surface area contributed by atoms with Crippen LogP contribution in [0.1, 0.15) is 20.8 Å². The number of benzene rings is 1. The lowest BCUT2D eigenvalue weighted by molar-refractivity contribution is 0.0951. The van der Waals surface area contributed by atoms with Crippen LogP contribution in [0.3, 0.4) is 0 Å². The molecule has 0 atom stereocenters. The van der Waals surface area contributed by atoms with Crippen molar-refractivity contribution >= 4 is 28.8 Å². The fourth-order valence-corrected chi connectivity index (χ4v) is 2.65. The van der Waals surface area contributed by atoms with Crippen LogP contribution in [0.5, 0.6) is 5.75 Å². The van der Waals surface area contributed by atoms with E-state index in [0.29, 0.717) is 18.1 Å². The molecule has 0 aliphatic heterocycles. The molecular formula is C15H13ClN2O2S. The van der Waals surface area contributed by atoms with Crippen LogP contribution in [-0.4, -0.2) is 17.6 Å². The van der Waals surface area contributed by atoms with Crippen LogP contribution in [0.4, 0.5) is 0 Å². The van der Waals surface area contributed by atoms with Crippen LogP contribution in [0.15, 0.2) is 29.6 Å². The van der Waals surface area contributed by atoms with Crippen molar-refractivity contribution in [3.05, 3.63) is 50.7 Å². The summed E-state index contributed by atoms with van der Waals surface area (Å²) in [6.07, 6.45) is 0. The monoisotopic (exact) mass is 320 g/mol. The Morgan fingerprint density at radius 3 is 3.00 bits per heavy atom. The highest BCUT2D eigenvalue weighted by molar-refractivity contribution is 7.10. The predicted molar refractivity (Wildman–Crippen MR) is 84.5 cm³/mol. The summed E-state index contributed by atoms with van der Waals surface area (Å²) in [6, 6.07) is 6.13. The molecule has 2 rings (SSSR count). The number of nitrogens with two attached hydrogens (primary N) is 1. The van der Waals surface area contributed by atoms with Crippen molar-refractivity contribution in [1.29, 1.82) is 0 Å². The predicted octanol–water partition coefficient (Wildman–Crippen LogP) is 2.35. The van der Waals surface area contributed by atoms with Crippen molar-refractivity contribution in [3.8, 4) is 17.6 Å². The lowest BCUT2D eigenvalue weighted by Gasteiger charge is -2.06. The Bertz CT molecular complexity index is 716. The average Bonchev–Trinajstić information content (AvgIpc) is 2.92. The molecule has 0 fully saturated rings. The van der Waals surface area contributed by atoms with Crippen molar-refractivity contribution in [2.24, 2.45) is 5.73 Å². The minimum Gasteiger partial charge on any atom is -0.508 e. The fourth-order valence-electron chi connectivity index (χ4n) is 1.68. The van der Waals surface area contributed by atoms with E-state index in [1.54, 1.807) is 0 Å². The summed E-state index contributed by atoms with van der Waals surface area (Å²) < 4.78 is 0. The number of carbonyl (C=O) groups is 1. The molecule has 0 saturated heterocycles. The van der Waals surface area contributed by atoms with Gasteiger partial charge >= 0.3 is 0 Å². The van der Waals surface area contributed by atoms with Gasteiger partial charge in [-0.1, -0.05) is 23.4 Å². The maximum absolute atomic E-state index is 12.1. The molecular weight excluding hydrogens is 308 g/mol. The van der Waals surface area contributed by atoms with Gasteiger partial charge < -0.3 is 16.2 Å². The van der Waals surface area contributed by atoms with Gasteiger partial charge in [0.1, 0.15) is 5.75 Å². The highest BCUT2D eigenvalue weighted by Crippen LogP contribution is 2.21. The molecule has 108 valence electrons. The van der Waals surface area contributed by atoms with E-state index in [4.69, 9.17) is 17.3 Å². The van der Waals surface area contributed by atoms with E-state index in [-0.39, 0.29) is 17.2 Å². The van der Waals surface area contributed by atoms with Crippen LogP contribution < -0.4 is 11.1 Å². The Morgan fingerprint density at radius 1 is 1.43 bits per heavy atom. The van der Waals surface area contributed by atoms with Gasteiger partial charge in [-0.25, -0.2) is 0 Å². The summed E-state index contributed by atoms with van der Waals surface area (Å²) in [6.45, 7) is 0.637. The molecule has 1 heterocycles. The summed E-state index contributed by atoms with van der Waals surface area (Å²) in [5.41, 5.74) is 6.44. The van der Waals surface area contributed by atoms with Crippen molar-refractivity contribution in [1.82, 2.24) is 5.32 Å². The smallest absolute Gasteiger partial charge is 0.253 e. The second-order valence-corrected chi connectivity index (χ2v) is 5.52. The Kier molecular flexibility index (Phi) is 5.23. The SMILES string of the molecule is NCC#Cc1ccsc1CNC(=O)c1cc(O)ccc1Cl. The van der Waals surface area contributed by atoms with Crippen molar-refractivity contribution in [2.45, 2.75) is 6.54 Å². The molecule has 6 heteroatoms. The number of phenolic OH excluding ortho intramolecular Hbond substituents is 1. The first-order chi connectivity index (χ1) is 10.1. The number of amides is 1. The third-order valence-electron chi connectivity index (χ3n) is 2.67. The van der Waals surface area contributed by atoms with Gasteiger partial charge in [-0.15, -0.1) is 11.3 Å². The van der Waals surface area contributed by atoms with E-state index in [0.717, 1.165) is 10.4 Å². The third kappa shape index (κ3) is 3.99. The molecule has 0 spiro atoms. The first kappa shape index (κ1) is 15.4. The molecule has 2 aromatic rings. The number of aromatic hydroxyl groups is 1. The summed E-state index contributed by atoms with van der Waals surface area (Å²) >= 11 is 7.45. The zero-order chi connectivity index (χ0) is 15.2. The minimum atomic E-state index is -0.345. The zero-order valence-corrected chi connectivity index (χ0v) is 12.6. The Morgan fingerprint density at radius 2 is 2.24 bits per heavy atom. The molecule has 0 aliphatic rings. The Hall–Kier alpha value is -2.00. The highest BCUT2D eigenvalue weighted by Gasteiger charge is 2.12. The lowest BCUT2D eigenvalue weighted by Crippen LogP contribution is -2.23. The van der Waals surface area contributed by atoms with Gasteiger partial charge in [0.2, 0.25) is 0 Å². The van der Waals surface area contributed by atoms with E-state index in [9.17, 15) is 9.90 Å². The zero-order valence-electron chi connectivity index (χ0n) is 11.0. The van der Waals surface area contributed by atoms with Crippen LogP contribution in [0.25, 0.3) is 0 Å². The largest absolute Gasteiger partial charge is 0.508 e. The van der Waals surface area contributed by atoms with Crippen LogP contribution in [-0.2, 0) is 6.54 Å². The second-order valence-electron chi connectivity index (χ2n) is 4.11. The van der Waals surface area contributed by atoms with Gasteiger partial charge in [0.15, 0.2) is 0 Å². The maximum Gasteiger partial charge on any atom is 0.253 e. The Balaban J connectivity index is 2.08. The standard InChI is InChI=1S/C15H13ClN2O2S/c16-13-4-3-11(19)8-12(13)15(20)18-9-14-10(2-1-6-17)5-7-21-14/h3-5,7-8,19H,6,9,17H2,(H,18,20). The van der Waals surface area contributed by atoms with Crippen molar-refractivity contribution in [2.75, 3.05) is 6.54 Å². The quantitative estimate of drug-likeness (QED) is 0.760. The van der Waals surface area contributed by atoms with Crippen molar-refractivity contribution < 1.29 is 9.90 Å². The van der Waals surface area contributed by atoms with Gasteiger partial charge in [0.25, 0.3) is 5.91 Å². The fraction of sp³-hybridized carbons (Fsp3) is 0.133. The van der Waals surface area contributed by atoms with E-state index < -0.39 is 0 Å². The Labute approximate surface area is 131 Å². The molecule has 1 amide bonds. The average molecular weight is 321 g/mol. The maximum atomic E-state index is 12.1. The number of carbonyl (C=O) groups excluding carboxylic acids is 1. The van der Waals surface area contributed by atoms with E-state index >= 15 is 0 Å². The molecule has 1 aromatic heterocycles. The molecule has 0 aliphatic carbocycles. The van der Waals surface area contributed by atoms with E-state index in [2.05, 4.69) is 17.2 Å². The molecule has 0 bridgehead atoms. The van der Waals surface area contributed by atoms with E-state index in [1.807, 2.05) is 11.4 Å². The van der Waals surface area contributed by atoms with Gasteiger partial charge in [0.05, 0.1) is 23.7 Å². The molecule has 0 radical (unpaired) electrons. The van der Waals surface area contributed by atoms with Gasteiger partial charge in [-0.05, 0) is 29.6 Å². The number of hydrogen-bond donors (Lipinski definition) is 3. The normalized spacial score (nSPS) is 9.81. The molecule has 4 N–H and O–H groups in total. The molecule has 0 saturated carbocycles.